The van der Waals surface area contributed by atoms with Crippen molar-refractivity contribution in [2.75, 3.05) is 32.7 Å². The van der Waals surface area contributed by atoms with Crippen molar-refractivity contribution in [2.24, 2.45) is 0 Å². The first kappa shape index (κ1) is 11.1. The molecule has 0 heterocycles. The minimum atomic E-state index is 0.606. The molecule has 14 heavy (non-hydrogen) atoms. The van der Waals surface area contributed by atoms with Crippen molar-refractivity contribution >= 4 is 17.3 Å². The van der Waals surface area contributed by atoms with E-state index in [-0.39, 0.29) is 0 Å². The highest BCUT2D eigenvalue weighted by Crippen LogP contribution is 2.26. The summed E-state index contributed by atoms with van der Waals surface area (Å²) in [5.41, 5.74) is 0.966. The molecule has 1 N–H and O–H groups in total. The van der Waals surface area contributed by atoms with Crippen molar-refractivity contribution in [3.63, 3.8) is 0 Å². The van der Waals surface area contributed by atoms with Gasteiger partial charge in [0.1, 0.15) is 5.75 Å². The predicted molar refractivity (Wildman–Crippen MR) is 58.4 cm³/mol. The molecule has 0 spiro atoms. The first-order chi connectivity index (χ1) is 6.77. The molecule has 0 saturated carbocycles. The van der Waals surface area contributed by atoms with Gasteiger partial charge in [-0.15, -0.1) is 0 Å². The summed E-state index contributed by atoms with van der Waals surface area (Å²) in [5, 5.41) is 3.78. The molecule has 0 bridgehead atoms. The van der Waals surface area contributed by atoms with Crippen molar-refractivity contribution in [3.8, 4) is 5.75 Å². The lowest BCUT2D eigenvalue weighted by atomic mass is 10.3. The topological polar surface area (TPSA) is 30.5 Å². The number of anilines is 1. The summed E-state index contributed by atoms with van der Waals surface area (Å²) in [6.07, 6.45) is 0. The van der Waals surface area contributed by atoms with Crippen LogP contribution < -0.4 is 10.1 Å². The fraction of sp³-hybridized carbons (Fsp3) is 0.400. The van der Waals surface area contributed by atoms with E-state index in [2.05, 4.69) is 5.32 Å². The number of methoxy groups -OCH3 is 2. The number of halogens is 1. The maximum atomic E-state index is 5.95. The number of rotatable bonds is 5. The molecule has 0 aliphatic carbocycles. The molecular formula is C10H14ClNO2. The molecule has 4 heteroatoms. The summed E-state index contributed by atoms with van der Waals surface area (Å²) in [6.45, 7) is 1.43. The SMILES string of the molecule is COCCNc1ccc(OC)c(Cl)c1. The second-order valence-electron chi connectivity index (χ2n) is 2.77. The zero-order chi connectivity index (χ0) is 10.4. The van der Waals surface area contributed by atoms with Crippen LogP contribution in [0.3, 0.4) is 0 Å². The Balaban J connectivity index is 2.57. The van der Waals surface area contributed by atoms with Gasteiger partial charge in [0.15, 0.2) is 0 Å². The highest BCUT2D eigenvalue weighted by Gasteiger charge is 2.00. The summed E-state index contributed by atoms with van der Waals surface area (Å²) in [5.74, 6) is 0.684. The lowest BCUT2D eigenvalue weighted by Gasteiger charge is -2.08. The van der Waals surface area contributed by atoms with E-state index in [1.54, 1.807) is 14.2 Å². The summed E-state index contributed by atoms with van der Waals surface area (Å²) < 4.78 is 9.96. The second-order valence-corrected chi connectivity index (χ2v) is 3.18. The maximum absolute atomic E-state index is 5.95. The number of ether oxygens (including phenoxy) is 2. The quantitative estimate of drug-likeness (QED) is 0.766. The molecule has 78 valence electrons. The molecule has 1 aromatic carbocycles. The molecule has 0 aliphatic rings. The van der Waals surface area contributed by atoms with Gasteiger partial charge in [0.25, 0.3) is 0 Å². The normalized spacial score (nSPS) is 9.93. The number of benzene rings is 1. The van der Waals surface area contributed by atoms with Crippen molar-refractivity contribution < 1.29 is 9.47 Å². The van der Waals surface area contributed by atoms with Crippen molar-refractivity contribution in [3.05, 3.63) is 23.2 Å². The lowest BCUT2D eigenvalue weighted by Crippen LogP contribution is -2.07. The fourth-order valence-corrected chi connectivity index (χ4v) is 1.33. The second kappa shape index (κ2) is 5.73. The van der Waals surface area contributed by atoms with Gasteiger partial charge < -0.3 is 14.8 Å². The maximum Gasteiger partial charge on any atom is 0.137 e. The van der Waals surface area contributed by atoms with E-state index in [1.165, 1.54) is 0 Å². The van der Waals surface area contributed by atoms with Gasteiger partial charge in [0.2, 0.25) is 0 Å². The monoisotopic (exact) mass is 215 g/mol. The highest BCUT2D eigenvalue weighted by atomic mass is 35.5. The fourth-order valence-electron chi connectivity index (χ4n) is 1.07. The van der Waals surface area contributed by atoms with Crippen LogP contribution in [0.5, 0.6) is 5.75 Å². The van der Waals surface area contributed by atoms with E-state index < -0.39 is 0 Å². The smallest absolute Gasteiger partial charge is 0.137 e. The van der Waals surface area contributed by atoms with Gasteiger partial charge in [0.05, 0.1) is 18.7 Å². The van der Waals surface area contributed by atoms with E-state index in [0.29, 0.717) is 17.4 Å². The molecule has 1 rings (SSSR count). The molecule has 0 fully saturated rings. The Morgan fingerprint density at radius 2 is 2.14 bits per heavy atom. The van der Waals surface area contributed by atoms with Crippen LogP contribution in [0.15, 0.2) is 18.2 Å². The molecule has 0 amide bonds. The number of hydrogen-bond donors (Lipinski definition) is 1. The third kappa shape index (κ3) is 3.09. The Labute approximate surface area is 89.0 Å². The van der Waals surface area contributed by atoms with Crippen LogP contribution in [0.2, 0.25) is 5.02 Å². The van der Waals surface area contributed by atoms with Gasteiger partial charge in [-0.2, -0.15) is 0 Å². The molecule has 3 nitrogen and oxygen atoms in total. The van der Waals surface area contributed by atoms with Crippen LogP contribution in [0.25, 0.3) is 0 Å². The summed E-state index contributed by atoms with van der Waals surface area (Å²) in [7, 11) is 3.27. The Hall–Kier alpha value is -0.930. The van der Waals surface area contributed by atoms with Crippen molar-refractivity contribution in [2.45, 2.75) is 0 Å². The Kier molecular flexibility index (Phi) is 4.56. The van der Waals surface area contributed by atoms with Crippen LogP contribution in [-0.2, 0) is 4.74 Å². The molecule has 0 unspecified atom stereocenters. The van der Waals surface area contributed by atoms with Crippen LogP contribution in [-0.4, -0.2) is 27.4 Å². The summed E-state index contributed by atoms with van der Waals surface area (Å²) >= 11 is 5.95. The average Bonchev–Trinajstić information content (AvgIpc) is 2.18. The van der Waals surface area contributed by atoms with Gasteiger partial charge in [0, 0.05) is 19.3 Å². The van der Waals surface area contributed by atoms with E-state index in [4.69, 9.17) is 21.1 Å². The Morgan fingerprint density at radius 1 is 1.36 bits per heavy atom. The third-order valence-electron chi connectivity index (χ3n) is 1.79. The van der Waals surface area contributed by atoms with E-state index >= 15 is 0 Å². The van der Waals surface area contributed by atoms with E-state index in [9.17, 15) is 0 Å². The van der Waals surface area contributed by atoms with Gasteiger partial charge in [-0.3, -0.25) is 0 Å². The Morgan fingerprint density at radius 3 is 2.71 bits per heavy atom. The largest absolute Gasteiger partial charge is 0.495 e. The molecule has 0 atom stereocenters. The first-order valence-electron chi connectivity index (χ1n) is 4.34. The minimum absolute atomic E-state index is 0.606. The van der Waals surface area contributed by atoms with E-state index in [0.717, 1.165) is 12.2 Å². The van der Waals surface area contributed by atoms with Gasteiger partial charge in [-0.1, -0.05) is 11.6 Å². The molecular weight excluding hydrogens is 202 g/mol. The molecule has 1 aromatic rings. The summed E-state index contributed by atoms with van der Waals surface area (Å²) in [4.78, 5) is 0. The summed E-state index contributed by atoms with van der Waals surface area (Å²) in [6, 6.07) is 5.58. The standard InChI is InChI=1S/C10H14ClNO2/c1-13-6-5-12-8-3-4-10(14-2)9(11)7-8/h3-4,7,12H,5-6H2,1-2H3. The van der Waals surface area contributed by atoms with Gasteiger partial charge in [-0.05, 0) is 18.2 Å². The van der Waals surface area contributed by atoms with Gasteiger partial charge in [-0.25, -0.2) is 0 Å². The molecule has 0 radical (unpaired) electrons. The average molecular weight is 216 g/mol. The van der Waals surface area contributed by atoms with Crippen LogP contribution >= 0.6 is 11.6 Å². The number of hydrogen-bond acceptors (Lipinski definition) is 3. The minimum Gasteiger partial charge on any atom is -0.495 e. The highest BCUT2D eigenvalue weighted by molar-refractivity contribution is 6.32. The molecule has 0 aromatic heterocycles. The van der Waals surface area contributed by atoms with Crippen LogP contribution in [0, 0.1) is 0 Å². The van der Waals surface area contributed by atoms with Crippen LogP contribution in [0.4, 0.5) is 5.69 Å². The Bertz CT molecular complexity index is 291. The van der Waals surface area contributed by atoms with E-state index in [1.807, 2.05) is 18.2 Å². The zero-order valence-corrected chi connectivity index (χ0v) is 9.10. The van der Waals surface area contributed by atoms with Crippen molar-refractivity contribution in [1.29, 1.82) is 0 Å². The first-order valence-corrected chi connectivity index (χ1v) is 4.72. The predicted octanol–water partition coefficient (Wildman–Crippen LogP) is 2.41. The third-order valence-corrected chi connectivity index (χ3v) is 2.08. The lowest BCUT2D eigenvalue weighted by molar-refractivity contribution is 0.211. The molecule has 0 saturated heterocycles. The van der Waals surface area contributed by atoms with Crippen molar-refractivity contribution in [1.82, 2.24) is 0 Å². The number of nitrogens with one attached hydrogen (secondary N) is 1. The van der Waals surface area contributed by atoms with Gasteiger partial charge >= 0.3 is 0 Å². The zero-order valence-electron chi connectivity index (χ0n) is 8.34. The molecule has 0 aliphatic heterocycles. The van der Waals surface area contributed by atoms with Crippen LogP contribution in [0.1, 0.15) is 0 Å².